The molecule has 2 aliphatic rings. The summed E-state index contributed by atoms with van der Waals surface area (Å²) < 4.78 is 16.3. The first-order valence-electron chi connectivity index (χ1n) is 8.00. The van der Waals surface area contributed by atoms with Gasteiger partial charge in [-0.2, -0.15) is 0 Å². The molecule has 122 valence electrons. The lowest BCUT2D eigenvalue weighted by molar-refractivity contribution is 0.246. The van der Waals surface area contributed by atoms with Gasteiger partial charge < -0.3 is 19.5 Å². The van der Waals surface area contributed by atoms with Crippen LogP contribution in [0.25, 0.3) is 0 Å². The van der Waals surface area contributed by atoms with Crippen molar-refractivity contribution in [1.82, 2.24) is 10.2 Å². The first-order chi connectivity index (χ1) is 10.7. The smallest absolute Gasteiger partial charge is 0.164 e. The molecule has 0 saturated carbocycles. The molecule has 22 heavy (non-hydrogen) atoms. The van der Waals surface area contributed by atoms with Gasteiger partial charge in [0, 0.05) is 43.3 Å². The van der Waals surface area contributed by atoms with E-state index in [0.717, 1.165) is 36.7 Å². The van der Waals surface area contributed by atoms with Crippen molar-refractivity contribution in [2.45, 2.75) is 37.9 Å². The molecule has 0 aromatic heterocycles. The number of nitrogens with one attached hydrogen (secondary N) is 1. The van der Waals surface area contributed by atoms with Crippen LogP contribution in [0, 0.1) is 0 Å². The highest BCUT2D eigenvalue weighted by molar-refractivity contribution is 5.50. The lowest BCUT2D eigenvalue weighted by Gasteiger charge is -2.25. The molecule has 2 heterocycles. The molecule has 2 saturated heterocycles. The monoisotopic (exact) mass is 306 g/mol. The van der Waals surface area contributed by atoms with Crippen LogP contribution in [-0.4, -0.2) is 51.4 Å². The molecule has 5 heteroatoms. The highest BCUT2D eigenvalue weighted by atomic mass is 16.5. The molecule has 2 unspecified atom stereocenters. The molecule has 5 nitrogen and oxygen atoms in total. The molecule has 2 fully saturated rings. The fourth-order valence-corrected chi connectivity index (χ4v) is 3.62. The Balaban J connectivity index is 1.78. The maximum atomic E-state index is 5.54. The van der Waals surface area contributed by atoms with Crippen LogP contribution in [0.15, 0.2) is 12.1 Å². The Morgan fingerprint density at radius 2 is 1.64 bits per heavy atom. The molecule has 0 aliphatic carbocycles. The van der Waals surface area contributed by atoms with Gasteiger partial charge in [0.05, 0.1) is 21.3 Å². The SMILES string of the molecule is COc1cc(OC)c(OC)cc1CN1CCC2CCC(C1)N2. The number of likely N-dealkylation sites (tertiary alicyclic amines) is 1. The minimum Gasteiger partial charge on any atom is -0.496 e. The maximum absolute atomic E-state index is 5.54. The van der Waals surface area contributed by atoms with Crippen LogP contribution in [0.5, 0.6) is 17.2 Å². The Bertz CT molecular complexity index is 521. The molecular formula is C17H26N2O3. The van der Waals surface area contributed by atoms with Gasteiger partial charge in [0.2, 0.25) is 0 Å². The quantitative estimate of drug-likeness (QED) is 0.902. The number of hydrogen-bond acceptors (Lipinski definition) is 5. The zero-order chi connectivity index (χ0) is 15.5. The van der Waals surface area contributed by atoms with Gasteiger partial charge in [-0.1, -0.05) is 0 Å². The lowest BCUT2D eigenvalue weighted by Crippen LogP contribution is -2.35. The van der Waals surface area contributed by atoms with Crippen molar-refractivity contribution in [2.24, 2.45) is 0 Å². The van der Waals surface area contributed by atoms with E-state index in [1.54, 1.807) is 21.3 Å². The Kier molecular flexibility index (Phi) is 4.74. The van der Waals surface area contributed by atoms with Crippen LogP contribution in [0.2, 0.25) is 0 Å². The van der Waals surface area contributed by atoms with E-state index in [9.17, 15) is 0 Å². The molecule has 0 amide bonds. The number of ether oxygens (including phenoxy) is 3. The van der Waals surface area contributed by atoms with Gasteiger partial charge in [-0.3, -0.25) is 4.90 Å². The normalized spacial score (nSPS) is 24.9. The van der Waals surface area contributed by atoms with E-state index in [2.05, 4.69) is 10.2 Å². The zero-order valence-corrected chi connectivity index (χ0v) is 13.7. The molecule has 1 aromatic carbocycles. The van der Waals surface area contributed by atoms with Crippen LogP contribution >= 0.6 is 0 Å². The number of benzene rings is 1. The van der Waals surface area contributed by atoms with Crippen molar-refractivity contribution < 1.29 is 14.2 Å². The Hall–Kier alpha value is -1.46. The molecule has 1 aromatic rings. The number of hydrogen-bond donors (Lipinski definition) is 1. The Morgan fingerprint density at radius 1 is 0.955 bits per heavy atom. The summed E-state index contributed by atoms with van der Waals surface area (Å²) in [5.74, 6) is 2.33. The summed E-state index contributed by atoms with van der Waals surface area (Å²) in [6, 6.07) is 5.30. The van der Waals surface area contributed by atoms with E-state index in [0.29, 0.717) is 17.8 Å². The van der Waals surface area contributed by atoms with Crippen molar-refractivity contribution in [2.75, 3.05) is 34.4 Å². The Morgan fingerprint density at radius 3 is 2.36 bits per heavy atom. The van der Waals surface area contributed by atoms with Crippen LogP contribution in [-0.2, 0) is 6.54 Å². The minimum absolute atomic E-state index is 0.638. The van der Waals surface area contributed by atoms with Gasteiger partial charge in [0.25, 0.3) is 0 Å². The van der Waals surface area contributed by atoms with Gasteiger partial charge in [-0.25, -0.2) is 0 Å². The van der Waals surface area contributed by atoms with E-state index >= 15 is 0 Å². The summed E-state index contributed by atoms with van der Waals surface area (Å²) in [4.78, 5) is 2.51. The first-order valence-corrected chi connectivity index (χ1v) is 8.00. The molecule has 1 N–H and O–H groups in total. The van der Waals surface area contributed by atoms with E-state index < -0.39 is 0 Å². The number of fused-ring (bicyclic) bond motifs is 2. The number of methoxy groups -OCH3 is 3. The van der Waals surface area contributed by atoms with E-state index in [4.69, 9.17) is 14.2 Å². The molecule has 0 spiro atoms. The van der Waals surface area contributed by atoms with E-state index in [-0.39, 0.29) is 0 Å². The Labute approximate surface area is 132 Å². The third-order valence-electron chi connectivity index (χ3n) is 4.79. The van der Waals surface area contributed by atoms with Gasteiger partial charge in [-0.15, -0.1) is 0 Å². The van der Waals surface area contributed by atoms with E-state index in [1.807, 2.05) is 12.1 Å². The van der Waals surface area contributed by atoms with Gasteiger partial charge >= 0.3 is 0 Å². The average molecular weight is 306 g/mol. The molecule has 2 aliphatic heterocycles. The second-order valence-corrected chi connectivity index (χ2v) is 6.18. The maximum Gasteiger partial charge on any atom is 0.164 e. The molecule has 0 radical (unpaired) electrons. The minimum atomic E-state index is 0.638. The first kappa shape index (κ1) is 15.4. The predicted octanol–water partition coefficient (Wildman–Crippen LogP) is 2.04. The summed E-state index contributed by atoms with van der Waals surface area (Å²) in [6.07, 6.45) is 3.86. The number of nitrogens with zero attached hydrogens (tertiary/aromatic N) is 1. The zero-order valence-electron chi connectivity index (χ0n) is 13.7. The highest BCUT2D eigenvalue weighted by Gasteiger charge is 2.29. The topological polar surface area (TPSA) is 43.0 Å². The highest BCUT2D eigenvalue weighted by Crippen LogP contribution is 2.35. The summed E-state index contributed by atoms with van der Waals surface area (Å²) >= 11 is 0. The summed E-state index contributed by atoms with van der Waals surface area (Å²) in [6.45, 7) is 3.12. The third kappa shape index (κ3) is 3.15. The average Bonchev–Trinajstić information content (AvgIpc) is 2.88. The van der Waals surface area contributed by atoms with E-state index in [1.165, 1.54) is 19.3 Å². The molecular weight excluding hydrogens is 280 g/mol. The van der Waals surface area contributed by atoms with Crippen molar-refractivity contribution >= 4 is 0 Å². The van der Waals surface area contributed by atoms with Gasteiger partial charge in [0.15, 0.2) is 11.5 Å². The summed E-state index contributed by atoms with van der Waals surface area (Å²) in [5, 5.41) is 3.72. The van der Waals surface area contributed by atoms with Crippen molar-refractivity contribution in [3.05, 3.63) is 17.7 Å². The standard InChI is InChI=1S/C17H26N2O3/c1-20-15-9-17(22-3)16(21-2)8-12(15)10-19-7-6-13-4-5-14(11-19)18-13/h8-9,13-14,18H,4-7,10-11H2,1-3H3. The second-order valence-electron chi connectivity index (χ2n) is 6.18. The van der Waals surface area contributed by atoms with Crippen LogP contribution in [0.4, 0.5) is 0 Å². The predicted molar refractivity (Wildman–Crippen MR) is 85.9 cm³/mol. The third-order valence-corrected chi connectivity index (χ3v) is 4.79. The van der Waals surface area contributed by atoms with Crippen molar-refractivity contribution in [3.63, 3.8) is 0 Å². The second kappa shape index (κ2) is 6.75. The number of rotatable bonds is 5. The van der Waals surface area contributed by atoms with Crippen molar-refractivity contribution in [1.29, 1.82) is 0 Å². The largest absolute Gasteiger partial charge is 0.496 e. The molecule has 2 atom stereocenters. The van der Waals surface area contributed by atoms with Crippen LogP contribution < -0.4 is 19.5 Å². The van der Waals surface area contributed by atoms with Gasteiger partial charge in [0.1, 0.15) is 5.75 Å². The van der Waals surface area contributed by atoms with Crippen molar-refractivity contribution in [3.8, 4) is 17.2 Å². The molecule has 3 rings (SSSR count). The fourth-order valence-electron chi connectivity index (χ4n) is 3.62. The van der Waals surface area contributed by atoms with Gasteiger partial charge in [-0.05, 0) is 25.3 Å². The molecule has 2 bridgehead atoms. The lowest BCUT2D eigenvalue weighted by atomic mass is 10.1. The fraction of sp³-hybridized carbons (Fsp3) is 0.647. The van der Waals surface area contributed by atoms with Crippen LogP contribution in [0.3, 0.4) is 0 Å². The summed E-state index contributed by atoms with van der Waals surface area (Å²) in [7, 11) is 5.02. The van der Waals surface area contributed by atoms with Crippen LogP contribution in [0.1, 0.15) is 24.8 Å². The summed E-state index contributed by atoms with van der Waals surface area (Å²) in [5.41, 5.74) is 1.15.